The fraction of sp³-hybridized carbons (Fsp3) is 0.368. The number of morpholine rings is 1. The van der Waals surface area contributed by atoms with Crippen LogP contribution in [-0.2, 0) is 11.2 Å². The molecule has 0 amide bonds. The van der Waals surface area contributed by atoms with Gasteiger partial charge in [0, 0.05) is 19.5 Å². The summed E-state index contributed by atoms with van der Waals surface area (Å²) in [7, 11) is 0. The molecule has 1 aliphatic heterocycles. The van der Waals surface area contributed by atoms with Gasteiger partial charge in [-0.1, -0.05) is 30.3 Å². The second-order valence-electron chi connectivity index (χ2n) is 5.49. The molecule has 1 saturated heterocycles. The Morgan fingerprint density at radius 3 is 2.52 bits per heavy atom. The van der Waals surface area contributed by atoms with Gasteiger partial charge in [0.25, 0.3) is 0 Å². The van der Waals surface area contributed by atoms with Crippen LogP contribution in [-0.4, -0.2) is 32.4 Å². The molecule has 1 aliphatic rings. The van der Waals surface area contributed by atoms with E-state index in [9.17, 15) is 0 Å². The van der Waals surface area contributed by atoms with Crippen molar-refractivity contribution in [3.63, 3.8) is 0 Å². The van der Waals surface area contributed by atoms with Gasteiger partial charge in [0.15, 0.2) is 11.5 Å². The Morgan fingerprint density at radius 2 is 1.78 bits per heavy atom. The van der Waals surface area contributed by atoms with Crippen LogP contribution in [0, 0.1) is 0 Å². The molecule has 4 nitrogen and oxygen atoms in total. The Hall–Kier alpha value is -2.04. The molecule has 4 heteroatoms. The molecule has 23 heavy (non-hydrogen) atoms. The number of nitrogens with one attached hydrogen (secondary N) is 1. The first-order chi connectivity index (χ1) is 11.4. The smallest absolute Gasteiger partial charge is 0.169 e. The number of rotatable bonds is 6. The van der Waals surface area contributed by atoms with E-state index < -0.39 is 0 Å². The van der Waals surface area contributed by atoms with E-state index >= 15 is 0 Å². The molecule has 0 spiro atoms. The summed E-state index contributed by atoms with van der Waals surface area (Å²) >= 11 is 0. The van der Waals surface area contributed by atoms with Gasteiger partial charge in [0.2, 0.25) is 0 Å². The maximum absolute atomic E-state index is 6.13. The molecule has 0 aromatic heterocycles. The molecule has 3 rings (SSSR count). The van der Waals surface area contributed by atoms with Crippen molar-refractivity contribution in [3.8, 4) is 17.2 Å². The van der Waals surface area contributed by atoms with Gasteiger partial charge in [-0.3, -0.25) is 0 Å². The lowest BCUT2D eigenvalue weighted by atomic mass is 10.1. The number of ether oxygens (including phenoxy) is 3. The van der Waals surface area contributed by atoms with Crippen LogP contribution in [0.25, 0.3) is 0 Å². The molecule has 0 saturated carbocycles. The summed E-state index contributed by atoms with van der Waals surface area (Å²) in [6.07, 6.45) is 1.02. The van der Waals surface area contributed by atoms with E-state index in [0.29, 0.717) is 6.61 Å². The molecular formula is C19H23NO3. The van der Waals surface area contributed by atoms with Crippen molar-refractivity contribution < 1.29 is 14.2 Å². The van der Waals surface area contributed by atoms with E-state index in [2.05, 4.69) is 11.4 Å². The molecule has 1 N–H and O–H groups in total. The average Bonchev–Trinajstić information content (AvgIpc) is 2.59. The van der Waals surface area contributed by atoms with Gasteiger partial charge in [-0.05, 0) is 30.7 Å². The zero-order valence-corrected chi connectivity index (χ0v) is 13.5. The minimum absolute atomic E-state index is 0.190. The molecule has 1 heterocycles. The quantitative estimate of drug-likeness (QED) is 0.887. The second kappa shape index (κ2) is 7.99. The number of hydrogen-bond donors (Lipinski definition) is 1. The highest BCUT2D eigenvalue weighted by Gasteiger charge is 2.17. The van der Waals surface area contributed by atoms with Crippen molar-refractivity contribution in [2.45, 2.75) is 19.4 Å². The van der Waals surface area contributed by atoms with Crippen LogP contribution in [0.2, 0.25) is 0 Å². The largest absolute Gasteiger partial charge is 0.490 e. The first-order valence-electron chi connectivity index (χ1n) is 8.16. The summed E-state index contributed by atoms with van der Waals surface area (Å²) in [6, 6.07) is 15.9. The lowest BCUT2D eigenvalue weighted by Crippen LogP contribution is -2.39. The third kappa shape index (κ3) is 4.24. The van der Waals surface area contributed by atoms with E-state index in [1.54, 1.807) is 0 Å². The van der Waals surface area contributed by atoms with Crippen LogP contribution in [0.5, 0.6) is 17.2 Å². The highest BCUT2D eigenvalue weighted by Crippen LogP contribution is 2.33. The second-order valence-corrected chi connectivity index (χ2v) is 5.49. The van der Waals surface area contributed by atoms with Gasteiger partial charge in [-0.15, -0.1) is 0 Å². The van der Waals surface area contributed by atoms with Crippen LogP contribution < -0.4 is 14.8 Å². The zero-order valence-electron chi connectivity index (χ0n) is 13.5. The van der Waals surface area contributed by atoms with Gasteiger partial charge in [-0.2, -0.15) is 0 Å². The van der Waals surface area contributed by atoms with E-state index in [4.69, 9.17) is 14.2 Å². The van der Waals surface area contributed by atoms with Gasteiger partial charge >= 0.3 is 0 Å². The lowest BCUT2D eigenvalue weighted by Gasteiger charge is -2.24. The van der Waals surface area contributed by atoms with E-state index in [-0.39, 0.29) is 6.10 Å². The van der Waals surface area contributed by atoms with Crippen molar-refractivity contribution in [2.24, 2.45) is 0 Å². The minimum atomic E-state index is 0.190. The van der Waals surface area contributed by atoms with E-state index in [1.165, 1.54) is 0 Å². The fourth-order valence-electron chi connectivity index (χ4n) is 2.70. The topological polar surface area (TPSA) is 39.7 Å². The van der Waals surface area contributed by atoms with Crippen LogP contribution in [0.1, 0.15) is 12.5 Å². The summed E-state index contributed by atoms with van der Waals surface area (Å²) in [5.74, 6) is 2.36. The third-order valence-electron chi connectivity index (χ3n) is 3.79. The van der Waals surface area contributed by atoms with Gasteiger partial charge in [0.05, 0.1) is 19.3 Å². The summed E-state index contributed by atoms with van der Waals surface area (Å²) < 4.78 is 17.6. The Balaban J connectivity index is 1.77. The SMILES string of the molecule is CCOc1ccccc1Oc1ccccc1CC1CNCCO1. The highest BCUT2D eigenvalue weighted by molar-refractivity contribution is 5.45. The summed E-state index contributed by atoms with van der Waals surface area (Å²) in [5, 5.41) is 3.36. The predicted octanol–water partition coefficient (Wildman–Crippen LogP) is 3.41. The van der Waals surface area contributed by atoms with Crippen molar-refractivity contribution in [3.05, 3.63) is 54.1 Å². The Bertz CT molecular complexity index is 624. The number of benzene rings is 2. The molecule has 1 unspecified atom stereocenters. The molecule has 122 valence electrons. The maximum atomic E-state index is 6.13. The Kier molecular flexibility index (Phi) is 5.51. The standard InChI is InChI=1S/C19H23NO3/c1-2-21-18-9-5-6-10-19(18)23-17-8-4-3-7-15(17)13-16-14-20-11-12-22-16/h3-10,16,20H,2,11-14H2,1H3. The molecule has 0 bridgehead atoms. The van der Waals surface area contributed by atoms with Gasteiger partial charge in [-0.25, -0.2) is 0 Å². The van der Waals surface area contributed by atoms with E-state index in [1.807, 2.05) is 49.4 Å². The first kappa shape index (κ1) is 15.8. The molecule has 1 fully saturated rings. The molecule has 0 radical (unpaired) electrons. The monoisotopic (exact) mass is 313 g/mol. The van der Waals surface area contributed by atoms with Crippen LogP contribution in [0.3, 0.4) is 0 Å². The van der Waals surface area contributed by atoms with E-state index in [0.717, 1.165) is 48.9 Å². The number of para-hydroxylation sites is 3. The Labute approximate surface area is 137 Å². The summed E-state index contributed by atoms with van der Waals surface area (Å²) in [6.45, 7) is 5.16. The highest BCUT2D eigenvalue weighted by atomic mass is 16.5. The van der Waals surface area contributed by atoms with Crippen molar-refractivity contribution in [2.75, 3.05) is 26.3 Å². The van der Waals surface area contributed by atoms with Crippen molar-refractivity contribution in [1.29, 1.82) is 0 Å². The van der Waals surface area contributed by atoms with Gasteiger partial charge in [0.1, 0.15) is 5.75 Å². The van der Waals surface area contributed by atoms with Crippen LogP contribution in [0.4, 0.5) is 0 Å². The van der Waals surface area contributed by atoms with Crippen LogP contribution in [0.15, 0.2) is 48.5 Å². The summed E-state index contributed by atoms with van der Waals surface area (Å²) in [5.41, 5.74) is 1.15. The third-order valence-corrected chi connectivity index (χ3v) is 3.79. The predicted molar refractivity (Wildman–Crippen MR) is 90.4 cm³/mol. The minimum Gasteiger partial charge on any atom is -0.490 e. The molecule has 2 aromatic carbocycles. The van der Waals surface area contributed by atoms with Gasteiger partial charge < -0.3 is 19.5 Å². The molecular weight excluding hydrogens is 290 g/mol. The maximum Gasteiger partial charge on any atom is 0.169 e. The van der Waals surface area contributed by atoms with Crippen LogP contribution >= 0.6 is 0 Å². The molecule has 1 atom stereocenters. The Morgan fingerprint density at radius 1 is 1.04 bits per heavy atom. The molecule has 0 aliphatic carbocycles. The lowest BCUT2D eigenvalue weighted by molar-refractivity contribution is 0.0289. The number of hydrogen-bond acceptors (Lipinski definition) is 4. The normalized spacial score (nSPS) is 17.7. The first-order valence-corrected chi connectivity index (χ1v) is 8.16. The molecule has 2 aromatic rings. The average molecular weight is 313 g/mol. The van der Waals surface area contributed by atoms with Crippen molar-refractivity contribution in [1.82, 2.24) is 5.32 Å². The van der Waals surface area contributed by atoms with Crippen molar-refractivity contribution >= 4 is 0 Å². The fourth-order valence-corrected chi connectivity index (χ4v) is 2.70. The zero-order chi connectivity index (χ0) is 15.9. The summed E-state index contributed by atoms with van der Waals surface area (Å²) in [4.78, 5) is 0.